The lowest BCUT2D eigenvalue weighted by molar-refractivity contribution is 0.471. The number of pyridine rings is 1. The second-order valence-corrected chi connectivity index (χ2v) is 6.52. The van der Waals surface area contributed by atoms with Crippen molar-refractivity contribution in [3.63, 3.8) is 0 Å². The van der Waals surface area contributed by atoms with E-state index in [2.05, 4.69) is 4.98 Å². The molecule has 0 unspecified atom stereocenters. The van der Waals surface area contributed by atoms with Gasteiger partial charge in [0.2, 0.25) is 10.0 Å². The van der Waals surface area contributed by atoms with Crippen molar-refractivity contribution in [3.8, 4) is 0 Å². The summed E-state index contributed by atoms with van der Waals surface area (Å²) >= 11 is 0. The van der Waals surface area contributed by atoms with Crippen LogP contribution in [0.25, 0.3) is 0 Å². The van der Waals surface area contributed by atoms with E-state index in [0.29, 0.717) is 18.7 Å². The summed E-state index contributed by atoms with van der Waals surface area (Å²) in [5.74, 6) is 0. The van der Waals surface area contributed by atoms with Crippen LogP contribution in [-0.2, 0) is 16.4 Å². The summed E-state index contributed by atoms with van der Waals surface area (Å²) in [5.41, 5.74) is 6.93. The van der Waals surface area contributed by atoms with E-state index in [-0.39, 0.29) is 4.90 Å². The Kier molecular flexibility index (Phi) is 4.36. The molecular formula is C14H17N3O2S. The molecule has 2 aromatic rings. The van der Waals surface area contributed by atoms with Crippen molar-refractivity contribution in [3.05, 3.63) is 54.4 Å². The average Bonchev–Trinajstić information content (AvgIpc) is 2.45. The molecule has 0 atom stereocenters. The van der Waals surface area contributed by atoms with Gasteiger partial charge in [-0.05, 0) is 30.3 Å². The molecule has 0 saturated heterocycles. The van der Waals surface area contributed by atoms with Crippen LogP contribution in [0.3, 0.4) is 0 Å². The van der Waals surface area contributed by atoms with Gasteiger partial charge in [0.05, 0.1) is 4.90 Å². The van der Waals surface area contributed by atoms with Crippen LogP contribution in [0.1, 0.15) is 5.69 Å². The number of hydrogen-bond donors (Lipinski definition) is 1. The summed E-state index contributed by atoms with van der Waals surface area (Å²) in [5, 5.41) is 0. The van der Waals surface area contributed by atoms with Crippen LogP contribution in [-0.4, -0.2) is 31.3 Å². The fourth-order valence-corrected chi connectivity index (χ4v) is 3.02. The Morgan fingerprint density at radius 3 is 2.65 bits per heavy atom. The first-order chi connectivity index (χ1) is 9.50. The zero-order chi connectivity index (χ0) is 14.6. The van der Waals surface area contributed by atoms with Crippen molar-refractivity contribution >= 4 is 15.7 Å². The first-order valence-corrected chi connectivity index (χ1v) is 7.66. The van der Waals surface area contributed by atoms with E-state index in [9.17, 15) is 8.42 Å². The smallest absolute Gasteiger partial charge is 0.242 e. The topological polar surface area (TPSA) is 76.3 Å². The van der Waals surface area contributed by atoms with Crippen LogP contribution < -0.4 is 5.73 Å². The number of hydrogen-bond acceptors (Lipinski definition) is 4. The number of nitrogens with two attached hydrogens (primary N) is 1. The maximum atomic E-state index is 12.4. The van der Waals surface area contributed by atoms with Gasteiger partial charge in [0.15, 0.2) is 0 Å². The lowest BCUT2D eigenvalue weighted by Crippen LogP contribution is -2.29. The van der Waals surface area contributed by atoms with Crippen molar-refractivity contribution < 1.29 is 8.42 Å². The number of nitrogen functional groups attached to an aromatic ring is 1. The zero-order valence-electron chi connectivity index (χ0n) is 11.2. The highest BCUT2D eigenvalue weighted by atomic mass is 32.2. The van der Waals surface area contributed by atoms with Gasteiger partial charge in [-0.15, -0.1) is 0 Å². The van der Waals surface area contributed by atoms with Crippen molar-refractivity contribution in [1.82, 2.24) is 9.29 Å². The summed E-state index contributed by atoms with van der Waals surface area (Å²) in [6, 6.07) is 11.9. The number of aromatic nitrogens is 1. The molecule has 1 aromatic heterocycles. The fraction of sp³-hybridized carbons (Fsp3) is 0.214. The summed E-state index contributed by atoms with van der Waals surface area (Å²) < 4.78 is 26.0. The minimum atomic E-state index is -3.51. The third-order valence-electron chi connectivity index (χ3n) is 2.98. The minimum Gasteiger partial charge on any atom is -0.399 e. The van der Waals surface area contributed by atoms with Gasteiger partial charge in [-0.1, -0.05) is 12.1 Å². The summed E-state index contributed by atoms with van der Waals surface area (Å²) in [6.45, 7) is 0.369. The molecule has 1 aromatic carbocycles. The van der Waals surface area contributed by atoms with Gasteiger partial charge < -0.3 is 5.73 Å². The Balaban J connectivity index is 2.10. The SMILES string of the molecule is CN(CCc1ccccn1)S(=O)(=O)c1cccc(N)c1. The highest BCUT2D eigenvalue weighted by Crippen LogP contribution is 2.17. The van der Waals surface area contributed by atoms with E-state index in [1.54, 1.807) is 31.4 Å². The molecule has 0 aliphatic rings. The van der Waals surface area contributed by atoms with E-state index in [4.69, 9.17) is 5.73 Å². The molecule has 0 aliphatic heterocycles. The normalized spacial score (nSPS) is 11.7. The summed E-state index contributed by atoms with van der Waals surface area (Å²) in [6.07, 6.45) is 2.26. The highest BCUT2D eigenvalue weighted by Gasteiger charge is 2.20. The Labute approximate surface area is 119 Å². The fourth-order valence-electron chi connectivity index (χ4n) is 1.79. The Hall–Kier alpha value is -1.92. The zero-order valence-corrected chi connectivity index (χ0v) is 12.0. The molecule has 0 aliphatic carbocycles. The molecular weight excluding hydrogens is 274 g/mol. The number of sulfonamides is 1. The van der Waals surface area contributed by atoms with Crippen LogP contribution in [0.4, 0.5) is 5.69 Å². The second kappa shape index (κ2) is 6.02. The average molecular weight is 291 g/mol. The van der Waals surface area contributed by atoms with Crippen LogP contribution in [0.2, 0.25) is 0 Å². The van der Waals surface area contributed by atoms with E-state index >= 15 is 0 Å². The van der Waals surface area contributed by atoms with Crippen molar-refractivity contribution in [2.75, 3.05) is 19.3 Å². The third kappa shape index (κ3) is 3.34. The van der Waals surface area contributed by atoms with E-state index in [0.717, 1.165) is 5.69 Å². The molecule has 0 saturated carbocycles. The quantitative estimate of drug-likeness (QED) is 0.848. The molecule has 0 fully saturated rings. The molecule has 5 nitrogen and oxygen atoms in total. The number of likely N-dealkylation sites (N-methyl/N-ethyl adjacent to an activating group) is 1. The molecule has 6 heteroatoms. The predicted octanol–water partition coefficient (Wildman–Crippen LogP) is 1.53. The molecule has 0 spiro atoms. The van der Waals surface area contributed by atoms with Gasteiger partial charge in [0.25, 0.3) is 0 Å². The van der Waals surface area contributed by atoms with Gasteiger partial charge in [-0.2, -0.15) is 0 Å². The lowest BCUT2D eigenvalue weighted by Gasteiger charge is -2.17. The maximum Gasteiger partial charge on any atom is 0.242 e. The largest absolute Gasteiger partial charge is 0.399 e. The van der Waals surface area contributed by atoms with E-state index in [1.165, 1.54) is 10.4 Å². The molecule has 2 rings (SSSR count). The molecule has 2 N–H and O–H groups in total. The van der Waals surface area contributed by atoms with Crippen molar-refractivity contribution in [1.29, 1.82) is 0 Å². The number of anilines is 1. The van der Waals surface area contributed by atoms with Gasteiger partial charge in [0.1, 0.15) is 0 Å². The molecule has 0 amide bonds. The van der Waals surface area contributed by atoms with Crippen molar-refractivity contribution in [2.45, 2.75) is 11.3 Å². The van der Waals surface area contributed by atoms with Gasteiger partial charge >= 0.3 is 0 Å². The van der Waals surface area contributed by atoms with Crippen LogP contribution >= 0.6 is 0 Å². The van der Waals surface area contributed by atoms with Gasteiger partial charge in [0, 0.05) is 37.6 Å². The van der Waals surface area contributed by atoms with Gasteiger partial charge in [-0.3, -0.25) is 4.98 Å². The molecule has 106 valence electrons. The van der Waals surface area contributed by atoms with Crippen LogP contribution in [0.15, 0.2) is 53.6 Å². The maximum absolute atomic E-state index is 12.4. The monoisotopic (exact) mass is 291 g/mol. The van der Waals surface area contributed by atoms with E-state index in [1.807, 2.05) is 18.2 Å². The summed E-state index contributed by atoms with van der Waals surface area (Å²) in [4.78, 5) is 4.39. The Morgan fingerprint density at radius 1 is 1.20 bits per heavy atom. The number of rotatable bonds is 5. The predicted molar refractivity (Wildman–Crippen MR) is 78.6 cm³/mol. The Morgan fingerprint density at radius 2 is 2.00 bits per heavy atom. The molecule has 1 heterocycles. The first kappa shape index (κ1) is 14.5. The Bertz CT molecular complexity index is 672. The minimum absolute atomic E-state index is 0.209. The summed E-state index contributed by atoms with van der Waals surface area (Å²) in [7, 11) is -1.95. The number of nitrogens with zero attached hydrogens (tertiary/aromatic N) is 2. The van der Waals surface area contributed by atoms with Crippen LogP contribution in [0, 0.1) is 0 Å². The lowest BCUT2D eigenvalue weighted by atomic mass is 10.3. The second-order valence-electron chi connectivity index (χ2n) is 4.47. The van der Waals surface area contributed by atoms with E-state index < -0.39 is 10.0 Å². The third-order valence-corrected chi connectivity index (χ3v) is 4.83. The number of benzene rings is 1. The molecule has 0 radical (unpaired) electrons. The highest BCUT2D eigenvalue weighted by molar-refractivity contribution is 7.89. The first-order valence-electron chi connectivity index (χ1n) is 6.22. The van der Waals surface area contributed by atoms with Gasteiger partial charge in [-0.25, -0.2) is 12.7 Å². The van der Waals surface area contributed by atoms with Crippen LogP contribution in [0.5, 0.6) is 0 Å². The molecule has 20 heavy (non-hydrogen) atoms. The molecule has 0 bridgehead atoms. The standard InChI is InChI=1S/C14H17N3O2S/c1-17(10-8-13-6-2-3-9-16-13)20(18,19)14-7-4-5-12(15)11-14/h2-7,9,11H,8,10,15H2,1H3. The van der Waals surface area contributed by atoms with Crippen molar-refractivity contribution in [2.24, 2.45) is 0 Å².